The molecule has 20 heavy (non-hydrogen) atoms. The Labute approximate surface area is 131 Å². The van der Waals surface area contributed by atoms with Gasteiger partial charge in [0.15, 0.2) is 0 Å². The predicted molar refractivity (Wildman–Crippen MR) is 80.5 cm³/mol. The van der Waals surface area contributed by atoms with E-state index in [0.29, 0.717) is 6.54 Å². The molecule has 112 valence electrons. The van der Waals surface area contributed by atoms with Crippen molar-refractivity contribution in [2.75, 3.05) is 6.54 Å². The van der Waals surface area contributed by atoms with Gasteiger partial charge in [0.1, 0.15) is 11.6 Å². The lowest BCUT2D eigenvalue weighted by Gasteiger charge is -2.22. The highest BCUT2D eigenvalue weighted by molar-refractivity contribution is 9.09. The molecule has 1 atom stereocenters. The lowest BCUT2D eigenvalue weighted by Crippen LogP contribution is -2.32. The van der Waals surface area contributed by atoms with Crippen molar-refractivity contribution in [3.05, 3.63) is 34.4 Å². The van der Waals surface area contributed by atoms with Crippen molar-refractivity contribution in [2.24, 2.45) is 5.41 Å². The Morgan fingerprint density at radius 2 is 1.95 bits per heavy atom. The molecule has 0 radical (unpaired) electrons. The summed E-state index contributed by atoms with van der Waals surface area (Å²) in [5, 5.41) is 2.23. The molecule has 6 heteroatoms. The van der Waals surface area contributed by atoms with E-state index in [1.807, 2.05) is 0 Å². The highest BCUT2D eigenvalue weighted by atomic mass is 79.9. The maximum Gasteiger partial charge on any atom is 0.254 e. The number of benzene rings is 1. The summed E-state index contributed by atoms with van der Waals surface area (Å²) >= 11 is 8.89. The molecule has 1 aromatic rings. The molecule has 2 nitrogen and oxygen atoms in total. The Morgan fingerprint density at radius 3 is 2.50 bits per heavy atom. The maximum atomic E-state index is 13.6. The van der Waals surface area contributed by atoms with E-state index in [4.69, 9.17) is 11.6 Å². The van der Waals surface area contributed by atoms with Gasteiger partial charge in [-0.25, -0.2) is 8.78 Å². The third-order valence-electron chi connectivity index (χ3n) is 2.57. The summed E-state index contributed by atoms with van der Waals surface area (Å²) in [6, 6.07) is 1.60. The van der Waals surface area contributed by atoms with Crippen LogP contribution in [0.15, 0.2) is 12.1 Å². The van der Waals surface area contributed by atoms with E-state index in [1.165, 1.54) is 0 Å². The van der Waals surface area contributed by atoms with Gasteiger partial charge < -0.3 is 5.32 Å². The third-order valence-corrected chi connectivity index (χ3v) is 3.51. The smallest absolute Gasteiger partial charge is 0.254 e. The minimum atomic E-state index is -0.837. The molecule has 0 fully saturated rings. The Kier molecular flexibility index (Phi) is 5.95. The standard InChI is InChI=1S/C14H17BrClF2NO/c1-14(2,3)6-8(15)7-19-13(20)9-4-12(18)10(16)5-11(9)17/h4-5,8H,6-7H2,1-3H3,(H,19,20). The van der Waals surface area contributed by atoms with E-state index in [9.17, 15) is 13.6 Å². The van der Waals surface area contributed by atoms with Crippen LogP contribution in [0, 0.1) is 17.0 Å². The maximum absolute atomic E-state index is 13.6. The van der Waals surface area contributed by atoms with Gasteiger partial charge in [0, 0.05) is 11.4 Å². The highest BCUT2D eigenvalue weighted by Gasteiger charge is 2.19. The quantitative estimate of drug-likeness (QED) is 0.613. The minimum absolute atomic E-state index is 0.0617. The molecule has 0 aliphatic carbocycles. The molecule has 0 bridgehead atoms. The van der Waals surface area contributed by atoms with Crippen LogP contribution in [-0.4, -0.2) is 17.3 Å². The number of halogens is 4. The number of alkyl halides is 1. The van der Waals surface area contributed by atoms with Crippen molar-refractivity contribution in [1.82, 2.24) is 5.32 Å². The van der Waals surface area contributed by atoms with Crippen molar-refractivity contribution in [3.63, 3.8) is 0 Å². The zero-order valence-electron chi connectivity index (χ0n) is 11.6. The lowest BCUT2D eigenvalue weighted by atomic mass is 9.90. The van der Waals surface area contributed by atoms with Crippen LogP contribution in [0.3, 0.4) is 0 Å². The first-order valence-electron chi connectivity index (χ1n) is 6.17. The van der Waals surface area contributed by atoms with Gasteiger partial charge in [0.05, 0.1) is 10.6 Å². The Balaban J connectivity index is 2.66. The number of carbonyl (C=O) groups is 1. The first-order chi connectivity index (χ1) is 9.10. The second kappa shape index (κ2) is 6.85. The van der Waals surface area contributed by atoms with Crippen molar-refractivity contribution >= 4 is 33.4 Å². The molecule has 0 aliphatic heterocycles. The Hall–Kier alpha value is -0.680. The topological polar surface area (TPSA) is 29.1 Å². The van der Waals surface area contributed by atoms with E-state index in [1.54, 1.807) is 0 Å². The molecule has 0 saturated heterocycles. The fraction of sp³-hybridized carbons (Fsp3) is 0.500. The van der Waals surface area contributed by atoms with Crippen molar-refractivity contribution in [1.29, 1.82) is 0 Å². The van der Waals surface area contributed by atoms with Crippen molar-refractivity contribution < 1.29 is 13.6 Å². The van der Waals surface area contributed by atoms with Crippen LogP contribution >= 0.6 is 27.5 Å². The second-order valence-electron chi connectivity index (χ2n) is 5.82. The number of rotatable bonds is 4. The average Bonchev–Trinajstić information content (AvgIpc) is 2.28. The van der Waals surface area contributed by atoms with Crippen LogP contribution in [0.4, 0.5) is 8.78 Å². The summed E-state index contributed by atoms with van der Waals surface area (Å²) in [6.07, 6.45) is 0.838. The zero-order valence-corrected chi connectivity index (χ0v) is 13.9. The second-order valence-corrected chi connectivity index (χ2v) is 7.52. The molecule has 1 N–H and O–H groups in total. The number of amides is 1. The van der Waals surface area contributed by atoms with Gasteiger partial charge in [-0.2, -0.15) is 0 Å². The molecule has 1 amide bonds. The van der Waals surface area contributed by atoms with Gasteiger partial charge in [-0.05, 0) is 24.0 Å². The number of hydrogen-bond donors (Lipinski definition) is 1. The third kappa shape index (κ3) is 5.37. The molecule has 0 saturated carbocycles. The molecular formula is C14H17BrClF2NO. The summed E-state index contributed by atoms with van der Waals surface area (Å²) < 4.78 is 26.8. The van der Waals surface area contributed by atoms with Crippen molar-refractivity contribution in [3.8, 4) is 0 Å². The van der Waals surface area contributed by atoms with E-state index in [0.717, 1.165) is 18.6 Å². The Bertz CT molecular complexity index is 503. The van der Waals surface area contributed by atoms with Crippen LogP contribution in [0.25, 0.3) is 0 Å². The van der Waals surface area contributed by atoms with Crippen LogP contribution in [-0.2, 0) is 0 Å². The van der Waals surface area contributed by atoms with Gasteiger partial charge in [-0.3, -0.25) is 4.79 Å². The first-order valence-corrected chi connectivity index (χ1v) is 7.46. The highest BCUT2D eigenvalue weighted by Crippen LogP contribution is 2.24. The summed E-state index contributed by atoms with van der Waals surface area (Å²) in [5.74, 6) is -2.31. The molecule has 1 rings (SSSR count). The molecule has 1 aromatic carbocycles. The number of hydrogen-bond acceptors (Lipinski definition) is 1. The van der Waals surface area contributed by atoms with E-state index in [-0.39, 0.29) is 20.8 Å². The van der Waals surface area contributed by atoms with Gasteiger partial charge >= 0.3 is 0 Å². The minimum Gasteiger partial charge on any atom is -0.351 e. The fourth-order valence-corrected chi connectivity index (χ4v) is 3.02. The monoisotopic (exact) mass is 367 g/mol. The van der Waals surface area contributed by atoms with Crippen LogP contribution in [0.5, 0.6) is 0 Å². The molecular weight excluding hydrogens is 352 g/mol. The van der Waals surface area contributed by atoms with Gasteiger partial charge in [0.25, 0.3) is 5.91 Å². The summed E-state index contributed by atoms with van der Waals surface area (Å²) in [7, 11) is 0. The normalized spacial score (nSPS) is 13.2. The molecule has 0 heterocycles. The summed E-state index contributed by atoms with van der Waals surface area (Å²) in [4.78, 5) is 11.9. The number of nitrogens with one attached hydrogen (secondary N) is 1. The van der Waals surface area contributed by atoms with Crippen LogP contribution in [0.1, 0.15) is 37.6 Å². The van der Waals surface area contributed by atoms with Gasteiger partial charge in [0.2, 0.25) is 0 Å². The fourth-order valence-electron chi connectivity index (χ4n) is 1.73. The Morgan fingerprint density at radius 1 is 1.35 bits per heavy atom. The largest absolute Gasteiger partial charge is 0.351 e. The molecule has 0 spiro atoms. The SMILES string of the molecule is CC(C)(C)CC(Br)CNC(=O)c1cc(F)c(Cl)cc1F. The molecule has 0 aliphatic rings. The lowest BCUT2D eigenvalue weighted by molar-refractivity contribution is 0.0948. The van der Waals surface area contributed by atoms with Gasteiger partial charge in [-0.15, -0.1) is 0 Å². The average molecular weight is 369 g/mol. The summed E-state index contributed by atoms with van der Waals surface area (Å²) in [5.41, 5.74) is -0.237. The zero-order chi connectivity index (χ0) is 15.5. The van der Waals surface area contributed by atoms with Gasteiger partial charge in [-0.1, -0.05) is 48.3 Å². The number of carbonyl (C=O) groups excluding carboxylic acids is 1. The van der Waals surface area contributed by atoms with E-state index in [2.05, 4.69) is 42.0 Å². The predicted octanol–water partition coefficient (Wildman–Crippen LogP) is 4.55. The van der Waals surface area contributed by atoms with Crippen molar-refractivity contribution in [2.45, 2.75) is 32.0 Å². The molecule has 1 unspecified atom stereocenters. The van der Waals surface area contributed by atoms with Crippen LogP contribution < -0.4 is 5.32 Å². The molecule has 0 aromatic heterocycles. The van der Waals surface area contributed by atoms with Crippen LogP contribution in [0.2, 0.25) is 5.02 Å². The van der Waals surface area contributed by atoms with E-state index < -0.39 is 17.5 Å². The first kappa shape index (κ1) is 17.4. The summed E-state index contributed by atoms with van der Waals surface area (Å²) in [6.45, 7) is 6.58. The van der Waals surface area contributed by atoms with E-state index >= 15 is 0 Å².